The van der Waals surface area contributed by atoms with E-state index in [-0.39, 0.29) is 25.0 Å². The van der Waals surface area contributed by atoms with E-state index in [9.17, 15) is 9.59 Å². The smallest absolute Gasteiger partial charge is 0.322 e. The molecule has 0 bridgehead atoms. The van der Waals surface area contributed by atoms with Crippen LogP contribution in [0.5, 0.6) is 0 Å². The fourth-order valence-electron chi connectivity index (χ4n) is 1.29. The predicted molar refractivity (Wildman–Crippen MR) is 61.9 cm³/mol. The van der Waals surface area contributed by atoms with Crippen LogP contribution in [0.15, 0.2) is 0 Å². The molecule has 0 aromatic rings. The van der Waals surface area contributed by atoms with Gasteiger partial charge in [-0.25, -0.2) is 0 Å². The molecule has 96 valence electrons. The lowest BCUT2D eigenvalue weighted by atomic mass is 10.0. The fourth-order valence-corrected chi connectivity index (χ4v) is 1.29. The minimum atomic E-state index is -0.493. The molecule has 0 aromatic carbocycles. The van der Waals surface area contributed by atoms with Crippen LogP contribution in [-0.2, 0) is 14.3 Å². The first kappa shape index (κ1) is 15.4. The number of hydrogen-bond acceptors (Lipinski definition) is 5. The van der Waals surface area contributed by atoms with Gasteiger partial charge in [-0.2, -0.15) is 5.26 Å². The van der Waals surface area contributed by atoms with E-state index in [4.69, 9.17) is 5.26 Å². The summed E-state index contributed by atoms with van der Waals surface area (Å²) in [5.74, 6) is -0.384. The van der Waals surface area contributed by atoms with Gasteiger partial charge in [0.15, 0.2) is 0 Å². The molecule has 1 amide bonds. The van der Waals surface area contributed by atoms with Crippen LogP contribution >= 0.6 is 0 Å². The summed E-state index contributed by atoms with van der Waals surface area (Å²) >= 11 is 0. The number of esters is 1. The molecule has 1 atom stereocenters. The SMILES string of the molecule is COC(=O)C(CC(C)C)NCC(=O)NCC#N. The van der Waals surface area contributed by atoms with E-state index >= 15 is 0 Å². The third-order valence-electron chi connectivity index (χ3n) is 2.07. The molecule has 0 heterocycles. The largest absolute Gasteiger partial charge is 0.468 e. The molecule has 0 saturated heterocycles. The molecule has 0 aliphatic heterocycles. The summed E-state index contributed by atoms with van der Waals surface area (Å²) in [6, 6.07) is 1.31. The van der Waals surface area contributed by atoms with Crippen LogP contribution in [0.25, 0.3) is 0 Å². The summed E-state index contributed by atoms with van der Waals surface area (Å²) in [5, 5.41) is 13.5. The zero-order valence-electron chi connectivity index (χ0n) is 10.4. The first-order valence-corrected chi connectivity index (χ1v) is 5.46. The van der Waals surface area contributed by atoms with Gasteiger partial charge in [0.1, 0.15) is 12.6 Å². The number of ether oxygens (including phenoxy) is 1. The Morgan fingerprint density at radius 1 is 1.41 bits per heavy atom. The number of nitrogens with zero attached hydrogens (tertiary/aromatic N) is 1. The third kappa shape index (κ3) is 7.30. The van der Waals surface area contributed by atoms with Crippen molar-refractivity contribution in [1.82, 2.24) is 10.6 Å². The van der Waals surface area contributed by atoms with Gasteiger partial charge in [-0.15, -0.1) is 0 Å². The monoisotopic (exact) mass is 241 g/mol. The van der Waals surface area contributed by atoms with E-state index in [0.29, 0.717) is 12.3 Å². The van der Waals surface area contributed by atoms with Gasteiger partial charge in [-0.1, -0.05) is 13.8 Å². The highest BCUT2D eigenvalue weighted by atomic mass is 16.5. The van der Waals surface area contributed by atoms with E-state index in [1.165, 1.54) is 7.11 Å². The molecule has 17 heavy (non-hydrogen) atoms. The normalized spacial score (nSPS) is 11.7. The highest BCUT2D eigenvalue weighted by molar-refractivity contribution is 5.80. The number of hydrogen-bond donors (Lipinski definition) is 2. The fraction of sp³-hybridized carbons (Fsp3) is 0.727. The Morgan fingerprint density at radius 2 is 2.06 bits per heavy atom. The molecule has 1 unspecified atom stereocenters. The second kappa shape index (κ2) is 8.53. The average Bonchev–Trinajstić information content (AvgIpc) is 2.30. The Kier molecular flexibility index (Phi) is 7.72. The highest BCUT2D eigenvalue weighted by Gasteiger charge is 2.20. The number of rotatable bonds is 7. The van der Waals surface area contributed by atoms with Crippen molar-refractivity contribution < 1.29 is 14.3 Å². The van der Waals surface area contributed by atoms with Crippen LogP contribution < -0.4 is 10.6 Å². The van der Waals surface area contributed by atoms with Crippen LogP contribution in [-0.4, -0.2) is 38.1 Å². The number of nitrogens with one attached hydrogen (secondary N) is 2. The number of carbonyl (C=O) groups excluding carboxylic acids is 2. The minimum Gasteiger partial charge on any atom is -0.468 e. The van der Waals surface area contributed by atoms with E-state index in [0.717, 1.165) is 0 Å². The van der Waals surface area contributed by atoms with Gasteiger partial charge in [0.25, 0.3) is 0 Å². The van der Waals surface area contributed by atoms with Crippen LogP contribution in [0.4, 0.5) is 0 Å². The first-order chi connectivity index (χ1) is 8.01. The number of amides is 1. The number of nitriles is 1. The van der Waals surface area contributed by atoms with E-state index in [2.05, 4.69) is 15.4 Å². The Hall–Kier alpha value is -1.61. The lowest BCUT2D eigenvalue weighted by Gasteiger charge is -2.17. The molecule has 0 radical (unpaired) electrons. The zero-order valence-corrected chi connectivity index (χ0v) is 10.4. The van der Waals surface area contributed by atoms with Crippen molar-refractivity contribution >= 4 is 11.9 Å². The van der Waals surface area contributed by atoms with E-state index in [1.54, 1.807) is 6.07 Å². The predicted octanol–water partition coefficient (Wildman–Crippen LogP) is -0.197. The summed E-state index contributed by atoms with van der Waals surface area (Å²) in [4.78, 5) is 22.6. The van der Waals surface area contributed by atoms with Crippen molar-refractivity contribution in [2.75, 3.05) is 20.2 Å². The van der Waals surface area contributed by atoms with E-state index in [1.807, 2.05) is 13.8 Å². The van der Waals surface area contributed by atoms with Crippen LogP contribution in [0.3, 0.4) is 0 Å². The van der Waals surface area contributed by atoms with Gasteiger partial charge in [0.2, 0.25) is 5.91 Å². The maximum absolute atomic E-state index is 11.4. The second-order valence-corrected chi connectivity index (χ2v) is 4.02. The summed E-state index contributed by atoms with van der Waals surface area (Å²) in [5.41, 5.74) is 0. The molecule has 0 aliphatic carbocycles. The zero-order chi connectivity index (χ0) is 13.3. The van der Waals surface area contributed by atoms with Crippen LogP contribution in [0.1, 0.15) is 20.3 Å². The van der Waals surface area contributed by atoms with Gasteiger partial charge in [-0.3, -0.25) is 14.9 Å². The van der Waals surface area contributed by atoms with Crippen molar-refractivity contribution in [2.45, 2.75) is 26.3 Å². The van der Waals surface area contributed by atoms with Crippen LogP contribution in [0, 0.1) is 17.2 Å². The summed E-state index contributed by atoms with van der Waals surface area (Å²) in [6.07, 6.45) is 0.595. The van der Waals surface area contributed by atoms with E-state index < -0.39 is 6.04 Å². The van der Waals surface area contributed by atoms with Crippen molar-refractivity contribution in [3.63, 3.8) is 0 Å². The lowest BCUT2D eigenvalue weighted by Crippen LogP contribution is -2.44. The second-order valence-electron chi connectivity index (χ2n) is 4.02. The van der Waals surface area contributed by atoms with Crippen molar-refractivity contribution in [1.29, 1.82) is 5.26 Å². The molecule has 2 N–H and O–H groups in total. The maximum atomic E-state index is 11.4. The molecule has 0 rings (SSSR count). The Morgan fingerprint density at radius 3 is 2.53 bits per heavy atom. The lowest BCUT2D eigenvalue weighted by molar-refractivity contribution is -0.143. The molecular weight excluding hydrogens is 222 g/mol. The minimum absolute atomic E-state index is 0.00579. The Bertz CT molecular complexity index is 297. The van der Waals surface area contributed by atoms with Crippen LogP contribution in [0.2, 0.25) is 0 Å². The van der Waals surface area contributed by atoms with Gasteiger partial charge in [0.05, 0.1) is 19.7 Å². The molecule has 0 spiro atoms. The highest BCUT2D eigenvalue weighted by Crippen LogP contribution is 2.05. The van der Waals surface area contributed by atoms with Gasteiger partial charge < -0.3 is 10.1 Å². The summed E-state index contributed by atoms with van der Waals surface area (Å²) in [6.45, 7) is 3.92. The molecule has 0 fully saturated rings. The van der Waals surface area contributed by atoms with Crippen molar-refractivity contribution in [2.24, 2.45) is 5.92 Å². The Balaban J connectivity index is 4.12. The molecule has 0 saturated carbocycles. The van der Waals surface area contributed by atoms with Gasteiger partial charge in [0, 0.05) is 0 Å². The first-order valence-electron chi connectivity index (χ1n) is 5.46. The molecular formula is C11H19N3O3. The molecule has 6 heteroatoms. The average molecular weight is 241 g/mol. The third-order valence-corrected chi connectivity index (χ3v) is 2.07. The maximum Gasteiger partial charge on any atom is 0.322 e. The standard InChI is InChI=1S/C11H19N3O3/c1-8(2)6-9(11(16)17-3)14-7-10(15)13-5-4-12/h8-9,14H,5-7H2,1-3H3,(H,13,15). The van der Waals surface area contributed by atoms with Crippen molar-refractivity contribution in [3.8, 4) is 6.07 Å². The Labute approximate surface area is 101 Å². The molecule has 6 nitrogen and oxygen atoms in total. The van der Waals surface area contributed by atoms with Gasteiger partial charge in [-0.05, 0) is 12.3 Å². The molecule has 0 aromatic heterocycles. The van der Waals surface area contributed by atoms with Crippen molar-refractivity contribution in [3.05, 3.63) is 0 Å². The topological polar surface area (TPSA) is 91.2 Å². The molecule has 0 aliphatic rings. The van der Waals surface area contributed by atoms with Gasteiger partial charge >= 0.3 is 5.97 Å². The summed E-state index contributed by atoms with van der Waals surface area (Å²) < 4.78 is 4.64. The quantitative estimate of drug-likeness (QED) is 0.476. The summed E-state index contributed by atoms with van der Waals surface area (Å²) in [7, 11) is 1.31. The number of carbonyl (C=O) groups is 2. The number of methoxy groups -OCH3 is 1.